The summed E-state index contributed by atoms with van der Waals surface area (Å²) in [6, 6.07) is 14.7. The monoisotopic (exact) mass is 461 g/mol. The summed E-state index contributed by atoms with van der Waals surface area (Å²) in [6.07, 6.45) is -0.228. The van der Waals surface area contributed by atoms with Crippen molar-refractivity contribution in [1.82, 2.24) is 16.1 Å². The second-order valence-electron chi connectivity index (χ2n) is 7.10. The number of anilines is 2. The van der Waals surface area contributed by atoms with E-state index >= 15 is 0 Å². The van der Waals surface area contributed by atoms with Gasteiger partial charge in [-0.05, 0) is 43.3 Å². The van der Waals surface area contributed by atoms with Crippen molar-refractivity contribution in [3.05, 3.63) is 53.6 Å². The Morgan fingerprint density at radius 2 is 2.03 bits per heavy atom. The molecule has 0 aromatic heterocycles. The van der Waals surface area contributed by atoms with E-state index in [9.17, 15) is 9.59 Å². The van der Waals surface area contributed by atoms with Gasteiger partial charge in [-0.25, -0.2) is 5.43 Å². The van der Waals surface area contributed by atoms with E-state index in [4.69, 9.17) is 16.3 Å². The van der Waals surface area contributed by atoms with Crippen molar-refractivity contribution < 1.29 is 14.3 Å². The molecule has 2 aliphatic rings. The van der Waals surface area contributed by atoms with E-state index in [1.54, 1.807) is 6.07 Å². The molecule has 10 heteroatoms. The van der Waals surface area contributed by atoms with E-state index < -0.39 is 5.50 Å². The second-order valence-corrected chi connectivity index (χ2v) is 8.63. The zero-order valence-corrected chi connectivity index (χ0v) is 18.5. The molecule has 2 aromatic rings. The van der Waals surface area contributed by atoms with Crippen LogP contribution in [-0.4, -0.2) is 42.4 Å². The molecular weight excluding hydrogens is 438 g/mol. The van der Waals surface area contributed by atoms with Gasteiger partial charge in [0.15, 0.2) is 0 Å². The number of benzene rings is 2. The largest absolute Gasteiger partial charge is 0.492 e. The number of thioether (sulfide) groups is 1. The van der Waals surface area contributed by atoms with Crippen LogP contribution in [0.2, 0.25) is 5.02 Å². The molecule has 2 fully saturated rings. The maximum absolute atomic E-state index is 12.6. The SMILES string of the molecule is CCOc1ccccc1NC(=O)CSC1NC(=O)C2CNN(c3ccc(Cl)cc3)C2N1. The lowest BCUT2D eigenvalue weighted by molar-refractivity contribution is -0.127. The fourth-order valence-electron chi connectivity index (χ4n) is 3.59. The summed E-state index contributed by atoms with van der Waals surface area (Å²) in [7, 11) is 0. The van der Waals surface area contributed by atoms with Crippen LogP contribution < -0.4 is 31.1 Å². The Hall–Kier alpha value is -2.46. The number of para-hydroxylation sites is 2. The van der Waals surface area contributed by atoms with Crippen molar-refractivity contribution in [2.24, 2.45) is 5.92 Å². The number of nitrogens with one attached hydrogen (secondary N) is 4. The maximum Gasteiger partial charge on any atom is 0.234 e. The van der Waals surface area contributed by atoms with Crippen LogP contribution in [0.5, 0.6) is 5.75 Å². The second kappa shape index (κ2) is 9.78. The maximum atomic E-state index is 12.6. The number of fused-ring (bicyclic) bond motifs is 1. The van der Waals surface area contributed by atoms with E-state index in [0.717, 1.165) is 5.69 Å². The summed E-state index contributed by atoms with van der Waals surface area (Å²) in [5.41, 5.74) is 4.41. The van der Waals surface area contributed by atoms with Gasteiger partial charge in [-0.2, -0.15) is 0 Å². The number of hydrogen-bond acceptors (Lipinski definition) is 7. The standard InChI is InChI=1S/C21H24ClN5O3S/c1-2-30-17-6-4-3-5-16(17)24-18(28)12-31-21-25-19-15(20(29)26-21)11-23-27(19)14-9-7-13(22)8-10-14/h3-10,15,19,21,23,25H,2,11-12H2,1H3,(H,24,28)(H,26,29). The molecule has 2 heterocycles. The fourth-order valence-corrected chi connectivity index (χ4v) is 4.54. The average molecular weight is 462 g/mol. The first-order valence-electron chi connectivity index (χ1n) is 10.0. The molecule has 4 N–H and O–H groups in total. The summed E-state index contributed by atoms with van der Waals surface area (Å²) >= 11 is 7.32. The van der Waals surface area contributed by atoms with E-state index in [-0.39, 0.29) is 29.7 Å². The number of hydrazine groups is 1. The Morgan fingerprint density at radius 1 is 1.26 bits per heavy atom. The molecule has 164 valence electrons. The number of nitrogens with zero attached hydrogens (tertiary/aromatic N) is 1. The molecule has 0 spiro atoms. The quantitative estimate of drug-likeness (QED) is 0.503. The lowest BCUT2D eigenvalue weighted by atomic mass is 10.1. The minimum atomic E-state index is -0.392. The third kappa shape index (κ3) is 5.07. The molecule has 3 unspecified atom stereocenters. The van der Waals surface area contributed by atoms with Gasteiger partial charge in [-0.1, -0.05) is 23.7 Å². The predicted octanol–water partition coefficient (Wildman–Crippen LogP) is 2.38. The van der Waals surface area contributed by atoms with Gasteiger partial charge >= 0.3 is 0 Å². The van der Waals surface area contributed by atoms with Crippen molar-refractivity contribution in [1.29, 1.82) is 0 Å². The molecule has 2 saturated heterocycles. The summed E-state index contributed by atoms with van der Waals surface area (Å²) in [5.74, 6) is 0.344. The first-order valence-corrected chi connectivity index (χ1v) is 11.5. The highest BCUT2D eigenvalue weighted by Gasteiger charge is 2.44. The number of hydrogen-bond donors (Lipinski definition) is 4. The van der Waals surface area contributed by atoms with E-state index in [1.807, 2.05) is 54.4 Å². The molecule has 0 radical (unpaired) electrons. The van der Waals surface area contributed by atoms with Gasteiger partial charge in [0.1, 0.15) is 17.4 Å². The smallest absolute Gasteiger partial charge is 0.234 e. The number of ether oxygens (including phenoxy) is 1. The number of halogens is 1. The molecular formula is C21H24ClN5O3S. The lowest BCUT2D eigenvalue weighted by Gasteiger charge is -2.37. The molecule has 0 aliphatic carbocycles. The summed E-state index contributed by atoms with van der Waals surface area (Å²) in [5, 5.41) is 11.8. The molecule has 3 atom stereocenters. The van der Waals surface area contributed by atoms with Crippen molar-refractivity contribution in [2.45, 2.75) is 18.6 Å². The highest BCUT2D eigenvalue weighted by molar-refractivity contribution is 8.00. The van der Waals surface area contributed by atoms with Crippen molar-refractivity contribution in [3.8, 4) is 5.75 Å². The van der Waals surface area contributed by atoms with E-state index in [0.29, 0.717) is 29.6 Å². The van der Waals surface area contributed by atoms with Crippen molar-refractivity contribution >= 4 is 46.6 Å². The zero-order chi connectivity index (χ0) is 21.8. The highest BCUT2D eigenvalue weighted by atomic mass is 35.5. The van der Waals surface area contributed by atoms with Crippen LogP contribution in [0.3, 0.4) is 0 Å². The predicted molar refractivity (Wildman–Crippen MR) is 123 cm³/mol. The van der Waals surface area contributed by atoms with E-state index in [2.05, 4.69) is 21.4 Å². The minimum absolute atomic E-state index is 0.0488. The van der Waals surface area contributed by atoms with Crippen molar-refractivity contribution in [2.75, 3.05) is 29.2 Å². The Bertz CT molecular complexity index is 945. The fraction of sp³-hybridized carbons (Fsp3) is 0.333. The third-order valence-electron chi connectivity index (χ3n) is 5.02. The van der Waals surface area contributed by atoms with Gasteiger partial charge in [0.25, 0.3) is 0 Å². The molecule has 0 bridgehead atoms. The van der Waals surface area contributed by atoms with Gasteiger partial charge in [-0.15, -0.1) is 11.8 Å². The number of carbonyl (C=O) groups excluding carboxylic acids is 2. The molecule has 2 amide bonds. The first-order chi connectivity index (χ1) is 15.0. The number of rotatable bonds is 7. The van der Waals surface area contributed by atoms with E-state index in [1.165, 1.54) is 11.8 Å². The Balaban J connectivity index is 1.36. The summed E-state index contributed by atoms with van der Waals surface area (Å²) in [4.78, 5) is 25.1. The Morgan fingerprint density at radius 3 is 2.81 bits per heavy atom. The molecule has 2 aliphatic heterocycles. The normalized spacial score (nSPS) is 22.6. The Kier molecular flexibility index (Phi) is 6.86. The Labute approximate surface area is 190 Å². The van der Waals surface area contributed by atoms with Gasteiger partial charge in [0.2, 0.25) is 11.8 Å². The van der Waals surface area contributed by atoms with Crippen LogP contribution in [0.25, 0.3) is 0 Å². The zero-order valence-electron chi connectivity index (χ0n) is 16.9. The summed E-state index contributed by atoms with van der Waals surface area (Å²) < 4.78 is 5.54. The van der Waals surface area contributed by atoms with Crippen LogP contribution in [-0.2, 0) is 9.59 Å². The van der Waals surface area contributed by atoms with Gasteiger partial charge in [0.05, 0.1) is 29.7 Å². The van der Waals surface area contributed by atoms with Crippen LogP contribution in [0.1, 0.15) is 6.92 Å². The summed E-state index contributed by atoms with van der Waals surface area (Å²) in [6.45, 7) is 2.93. The van der Waals surface area contributed by atoms with Crippen molar-refractivity contribution in [3.63, 3.8) is 0 Å². The van der Waals surface area contributed by atoms with Crippen LogP contribution >= 0.6 is 23.4 Å². The highest BCUT2D eigenvalue weighted by Crippen LogP contribution is 2.28. The molecule has 0 saturated carbocycles. The lowest BCUT2D eigenvalue weighted by Crippen LogP contribution is -2.63. The van der Waals surface area contributed by atoms with Gasteiger partial charge in [0, 0.05) is 11.6 Å². The molecule has 31 heavy (non-hydrogen) atoms. The topological polar surface area (TPSA) is 94.7 Å². The van der Waals surface area contributed by atoms with Gasteiger partial charge in [-0.3, -0.25) is 19.9 Å². The number of carbonyl (C=O) groups is 2. The third-order valence-corrected chi connectivity index (χ3v) is 6.29. The van der Waals surface area contributed by atoms with Crippen LogP contribution in [0.4, 0.5) is 11.4 Å². The van der Waals surface area contributed by atoms with Gasteiger partial charge < -0.3 is 15.4 Å². The van der Waals surface area contributed by atoms with Crippen LogP contribution in [0, 0.1) is 5.92 Å². The van der Waals surface area contributed by atoms with Crippen LogP contribution in [0.15, 0.2) is 48.5 Å². The average Bonchev–Trinajstić information content (AvgIpc) is 3.19. The number of amides is 2. The first kappa shape index (κ1) is 21.8. The minimum Gasteiger partial charge on any atom is -0.492 e. The molecule has 4 rings (SSSR count). The molecule has 8 nitrogen and oxygen atoms in total. The molecule has 2 aromatic carbocycles.